The highest BCUT2D eigenvalue weighted by molar-refractivity contribution is 5.89. The molecule has 6 heteroatoms. The summed E-state index contributed by atoms with van der Waals surface area (Å²) in [6, 6.07) is 6.92. The second kappa shape index (κ2) is 10.3. The van der Waals surface area contributed by atoms with E-state index in [-0.39, 0.29) is 19.1 Å². The van der Waals surface area contributed by atoms with Crippen molar-refractivity contribution in [2.75, 3.05) is 13.2 Å². The van der Waals surface area contributed by atoms with Crippen molar-refractivity contribution in [1.82, 2.24) is 0 Å². The predicted molar refractivity (Wildman–Crippen MR) is 101 cm³/mol. The third-order valence-electron chi connectivity index (χ3n) is 3.37. The molecule has 0 amide bonds. The van der Waals surface area contributed by atoms with Crippen LogP contribution in [0.15, 0.2) is 49.6 Å². The highest BCUT2D eigenvalue weighted by Gasteiger charge is 2.18. The maximum atomic E-state index is 12.1. The van der Waals surface area contributed by atoms with Gasteiger partial charge in [-0.1, -0.05) is 25.3 Å². The first-order valence-electron chi connectivity index (χ1n) is 8.55. The Morgan fingerprint density at radius 3 is 1.85 bits per heavy atom. The summed E-state index contributed by atoms with van der Waals surface area (Å²) >= 11 is 0. The molecule has 0 N–H and O–H groups in total. The van der Waals surface area contributed by atoms with Crippen LogP contribution in [0.1, 0.15) is 36.7 Å². The molecule has 0 aliphatic rings. The van der Waals surface area contributed by atoms with E-state index in [0.717, 1.165) is 17.7 Å². The first-order valence-corrected chi connectivity index (χ1v) is 8.55. The minimum absolute atomic E-state index is 0.0725. The number of ether oxygens (including phenoxy) is 3. The van der Waals surface area contributed by atoms with Gasteiger partial charge in [-0.15, -0.1) is 0 Å². The average molecular weight is 374 g/mol. The quantitative estimate of drug-likeness (QED) is 0.375. The van der Waals surface area contributed by atoms with Crippen molar-refractivity contribution in [3.8, 4) is 0 Å². The van der Waals surface area contributed by atoms with E-state index in [9.17, 15) is 14.4 Å². The monoisotopic (exact) mass is 374 g/mol. The van der Waals surface area contributed by atoms with Crippen molar-refractivity contribution in [3.05, 3.63) is 60.7 Å². The zero-order valence-corrected chi connectivity index (χ0v) is 16.0. The molecule has 0 fully saturated rings. The van der Waals surface area contributed by atoms with E-state index in [1.54, 1.807) is 45.0 Å². The molecular weight excluding hydrogens is 348 g/mol. The molecule has 0 radical (unpaired) electrons. The summed E-state index contributed by atoms with van der Waals surface area (Å²) in [4.78, 5) is 34.6. The summed E-state index contributed by atoms with van der Waals surface area (Å²) in [5, 5.41) is 0. The topological polar surface area (TPSA) is 78.9 Å². The van der Waals surface area contributed by atoms with Gasteiger partial charge in [-0.05, 0) is 44.9 Å². The van der Waals surface area contributed by atoms with Crippen LogP contribution in [-0.2, 0) is 30.2 Å². The van der Waals surface area contributed by atoms with Gasteiger partial charge in [-0.25, -0.2) is 14.4 Å². The van der Waals surface area contributed by atoms with Crippen LogP contribution in [-0.4, -0.2) is 36.7 Å². The van der Waals surface area contributed by atoms with E-state index in [1.165, 1.54) is 0 Å². The first-order chi connectivity index (χ1) is 12.6. The second-order valence-electron chi connectivity index (χ2n) is 6.94. The van der Waals surface area contributed by atoms with E-state index >= 15 is 0 Å². The van der Waals surface area contributed by atoms with Crippen molar-refractivity contribution in [1.29, 1.82) is 0 Å². The van der Waals surface area contributed by atoms with Crippen molar-refractivity contribution >= 4 is 17.9 Å². The molecular formula is C21H26O6. The van der Waals surface area contributed by atoms with Crippen LogP contribution in [0, 0.1) is 5.92 Å². The van der Waals surface area contributed by atoms with Crippen molar-refractivity contribution in [2.24, 2.45) is 5.92 Å². The standard InChI is InChI=1S/C21H26O6/c1-6-18(22)25-13-16(14-26-19(23)7-2)12-15-8-10-17(11-9-15)20(24)27-21(3,4)5/h6-11,16H,1-2,12-14H2,3-5H3. The molecule has 146 valence electrons. The second-order valence-corrected chi connectivity index (χ2v) is 6.94. The van der Waals surface area contributed by atoms with Gasteiger partial charge in [0, 0.05) is 18.1 Å². The molecule has 0 saturated heterocycles. The summed E-state index contributed by atoms with van der Waals surface area (Å²) in [5.74, 6) is -1.73. The van der Waals surface area contributed by atoms with Crippen molar-refractivity contribution in [2.45, 2.75) is 32.8 Å². The number of rotatable bonds is 9. The van der Waals surface area contributed by atoms with Gasteiger partial charge in [0.15, 0.2) is 0 Å². The van der Waals surface area contributed by atoms with Gasteiger partial charge in [0.1, 0.15) is 5.60 Å². The normalized spacial score (nSPS) is 10.8. The zero-order chi connectivity index (χ0) is 20.4. The molecule has 1 aromatic rings. The van der Waals surface area contributed by atoms with E-state index in [1.807, 2.05) is 0 Å². The Kier molecular flexibility index (Phi) is 8.45. The van der Waals surface area contributed by atoms with Gasteiger partial charge >= 0.3 is 17.9 Å². The lowest BCUT2D eigenvalue weighted by atomic mass is 9.99. The van der Waals surface area contributed by atoms with Gasteiger partial charge in [-0.3, -0.25) is 0 Å². The lowest BCUT2D eigenvalue weighted by Gasteiger charge is -2.20. The molecule has 0 aliphatic carbocycles. The lowest BCUT2D eigenvalue weighted by Crippen LogP contribution is -2.24. The molecule has 1 aromatic carbocycles. The zero-order valence-electron chi connectivity index (χ0n) is 16.0. The van der Waals surface area contributed by atoms with Crippen LogP contribution in [0.5, 0.6) is 0 Å². The molecule has 0 saturated carbocycles. The maximum Gasteiger partial charge on any atom is 0.338 e. The molecule has 1 rings (SSSR count). The van der Waals surface area contributed by atoms with E-state index in [0.29, 0.717) is 12.0 Å². The Labute approximate surface area is 159 Å². The smallest absolute Gasteiger partial charge is 0.338 e. The van der Waals surface area contributed by atoms with Crippen LogP contribution in [0.3, 0.4) is 0 Å². The molecule has 0 heterocycles. The Hall–Kier alpha value is -2.89. The molecule has 0 bridgehead atoms. The van der Waals surface area contributed by atoms with E-state index in [4.69, 9.17) is 14.2 Å². The van der Waals surface area contributed by atoms with Crippen molar-refractivity contribution < 1.29 is 28.6 Å². The number of carbonyl (C=O) groups is 3. The van der Waals surface area contributed by atoms with Crippen LogP contribution < -0.4 is 0 Å². The number of carbonyl (C=O) groups excluding carboxylic acids is 3. The summed E-state index contributed by atoms with van der Waals surface area (Å²) < 4.78 is 15.4. The summed E-state index contributed by atoms with van der Waals surface area (Å²) in [6.45, 7) is 12.2. The van der Waals surface area contributed by atoms with Crippen LogP contribution >= 0.6 is 0 Å². The van der Waals surface area contributed by atoms with Crippen LogP contribution in [0.25, 0.3) is 0 Å². The van der Waals surface area contributed by atoms with Crippen LogP contribution in [0.4, 0.5) is 0 Å². The van der Waals surface area contributed by atoms with Gasteiger partial charge in [0.05, 0.1) is 18.8 Å². The van der Waals surface area contributed by atoms with Gasteiger partial charge < -0.3 is 14.2 Å². The van der Waals surface area contributed by atoms with E-state index in [2.05, 4.69) is 13.2 Å². The third-order valence-corrected chi connectivity index (χ3v) is 3.37. The molecule has 6 nitrogen and oxygen atoms in total. The highest BCUT2D eigenvalue weighted by atomic mass is 16.6. The fourth-order valence-corrected chi connectivity index (χ4v) is 2.13. The number of hydrogen-bond donors (Lipinski definition) is 0. The predicted octanol–water partition coefficient (Wildman–Crippen LogP) is 3.26. The fraction of sp³-hybridized carbons (Fsp3) is 0.381. The maximum absolute atomic E-state index is 12.1. The largest absolute Gasteiger partial charge is 0.462 e. The molecule has 0 aliphatic heterocycles. The van der Waals surface area contributed by atoms with Crippen molar-refractivity contribution in [3.63, 3.8) is 0 Å². The van der Waals surface area contributed by atoms with Gasteiger partial charge in [-0.2, -0.15) is 0 Å². The minimum atomic E-state index is -0.565. The molecule has 0 unspecified atom stereocenters. The molecule has 27 heavy (non-hydrogen) atoms. The number of hydrogen-bond acceptors (Lipinski definition) is 6. The molecule has 0 atom stereocenters. The number of benzene rings is 1. The molecule has 0 spiro atoms. The Bertz CT molecular complexity index is 658. The summed E-state index contributed by atoms with van der Waals surface area (Å²) in [6.07, 6.45) is 2.63. The average Bonchev–Trinajstić information content (AvgIpc) is 2.62. The Morgan fingerprint density at radius 2 is 1.44 bits per heavy atom. The third kappa shape index (κ3) is 8.85. The first kappa shape index (κ1) is 22.2. The van der Waals surface area contributed by atoms with Gasteiger partial charge in [0.2, 0.25) is 0 Å². The van der Waals surface area contributed by atoms with E-state index < -0.39 is 23.5 Å². The van der Waals surface area contributed by atoms with Crippen LogP contribution in [0.2, 0.25) is 0 Å². The Morgan fingerprint density at radius 1 is 0.963 bits per heavy atom. The lowest BCUT2D eigenvalue weighted by molar-refractivity contribution is -0.142. The highest BCUT2D eigenvalue weighted by Crippen LogP contribution is 2.15. The summed E-state index contributed by atoms with van der Waals surface area (Å²) in [7, 11) is 0. The minimum Gasteiger partial charge on any atom is -0.462 e. The molecule has 0 aromatic heterocycles. The fourth-order valence-electron chi connectivity index (χ4n) is 2.13. The SMILES string of the molecule is C=CC(=O)OCC(COC(=O)C=C)Cc1ccc(C(=O)OC(C)(C)C)cc1. The van der Waals surface area contributed by atoms with Gasteiger partial charge in [0.25, 0.3) is 0 Å². The number of esters is 3. The Balaban J connectivity index is 2.76. The summed E-state index contributed by atoms with van der Waals surface area (Å²) in [5.41, 5.74) is 0.781.